The molecule has 104 valence electrons. The largest absolute Gasteiger partial charge is 0.392 e. The Morgan fingerprint density at radius 1 is 1.32 bits per heavy atom. The van der Waals surface area contributed by atoms with E-state index in [-0.39, 0.29) is 24.5 Å². The molecule has 0 heterocycles. The zero-order valence-electron chi connectivity index (χ0n) is 11.1. The summed E-state index contributed by atoms with van der Waals surface area (Å²) in [6.07, 6.45) is 3.78. The van der Waals surface area contributed by atoms with Gasteiger partial charge in [-0.2, -0.15) is 0 Å². The summed E-state index contributed by atoms with van der Waals surface area (Å²) in [5, 5.41) is 12.2. The number of hydrogen-bond donors (Lipinski definition) is 3. The number of nitrogens with one attached hydrogen (secondary N) is 1. The lowest BCUT2D eigenvalue weighted by atomic mass is 9.85. The molecular weight excluding hydrogens is 240 g/mol. The fourth-order valence-corrected chi connectivity index (χ4v) is 2.68. The first kappa shape index (κ1) is 14.0. The Hall–Kier alpha value is -1.39. The number of aliphatic hydroxyl groups excluding tert-OH is 1. The van der Waals surface area contributed by atoms with Gasteiger partial charge in [0.2, 0.25) is 5.91 Å². The van der Waals surface area contributed by atoms with E-state index in [2.05, 4.69) is 5.32 Å². The number of benzene rings is 1. The summed E-state index contributed by atoms with van der Waals surface area (Å²) in [4.78, 5) is 12.1. The first-order valence-corrected chi connectivity index (χ1v) is 6.91. The van der Waals surface area contributed by atoms with E-state index in [9.17, 15) is 9.90 Å². The summed E-state index contributed by atoms with van der Waals surface area (Å²) in [5.74, 6) is 0.132. The molecular formula is C15H22N2O2. The number of nitrogens with two attached hydrogens (primary N) is 1. The van der Waals surface area contributed by atoms with Gasteiger partial charge in [0.05, 0.1) is 6.61 Å². The van der Waals surface area contributed by atoms with Crippen LogP contribution in [-0.4, -0.2) is 17.1 Å². The van der Waals surface area contributed by atoms with Crippen LogP contribution >= 0.6 is 0 Å². The number of aliphatic hydroxyl groups is 1. The molecule has 0 aliphatic heterocycles. The zero-order valence-corrected chi connectivity index (χ0v) is 11.1. The van der Waals surface area contributed by atoms with Crippen molar-refractivity contribution >= 4 is 5.91 Å². The van der Waals surface area contributed by atoms with Crippen molar-refractivity contribution in [3.05, 3.63) is 35.4 Å². The summed E-state index contributed by atoms with van der Waals surface area (Å²) in [7, 11) is 0. The lowest BCUT2D eigenvalue weighted by molar-refractivity contribution is -0.126. The molecule has 4 nitrogen and oxygen atoms in total. The van der Waals surface area contributed by atoms with Crippen LogP contribution in [-0.2, 0) is 17.9 Å². The van der Waals surface area contributed by atoms with Gasteiger partial charge >= 0.3 is 0 Å². The van der Waals surface area contributed by atoms with E-state index in [1.54, 1.807) is 0 Å². The maximum absolute atomic E-state index is 12.1. The van der Waals surface area contributed by atoms with Crippen molar-refractivity contribution < 1.29 is 9.90 Å². The van der Waals surface area contributed by atoms with Crippen LogP contribution in [0.25, 0.3) is 0 Å². The molecule has 2 atom stereocenters. The van der Waals surface area contributed by atoms with E-state index in [1.165, 1.54) is 0 Å². The average Bonchev–Trinajstić information content (AvgIpc) is 2.45. The highest BCUT2D eigenvalue weighted by molar-refractivity contribution is 5.78. The third kappa shape index (κ3) is 3.78. The Labute approximate surface area is 114 Å². The van der Waals surface area contributed by atoms with Gasteiger partial charge in [-0.3, -0.25) is 4.79 Å². The minimum absolute atomic E-state index is 0.000344. The second-order valence-electron chi connectivity index (χ2n) is 5.27. The second-order valence-corrected chi connectivity index (χ2v) is 5.27. The standard InChI is InChI=1S/C15H22N2O2/c16-14-7-3-6-11(8-14)15(19)17-9-12-4-1-2-5-13(12)10-18/h1-2,4-5,11,14,18H,3,6-10,16H2,(H,17,19)/t11-,14+/m0/s1. The molecule has 0 unspecified atom stereocenters. The van der Waals surface area contributed by atoms with Crippen LogP contribution in [0, 0.1) is 5.92 Å². The number of amides is 1. The quantitative estimate of drug-likeness (QED) is 0.766. The predicted octanol–water partition coefficient (Wildman–Crippen LogP) is 1.31. The SMILES string of the molecule is N[C@@H]1CCC[C@H](C(=O)NCc2ccccc2CO)C1. The van der Waals surface area contributed by atoms with Crippen LogP contribution in [0.3, 0.4) is 0 Å². The summed E-state index contributed by atoms with van der Waals surface area (Å²) in [6.45, 7) is 0.474. The highest BCUT2D eigenvalue weighted by atomic mass is 16.3. The minimum Gasteiger partial charge on any atom is -0.392 e. The fourth-order valence-electron chi connectivity index (χ4n) is 2.68. The monoisotopic (exact) mass is 262 g/mol. The Morgan fingerprint density at radius 2 is 2.05 bits per heavy atom. The summed E-state index contributed by atoms with van der Waals surface area (Å²) < 4.78 is 0. The lowest BCUT2D eigenvalue weighted by Gasteiger charge is -2.25. The molecule has 0 spiro atoms. The van der Waals surface area contributed by atoms with Crippen LogP contribution < -0.4 is 11.1 Å². The topological polar surface area (TPSA) is 75.4 Å². The zero-order chi connectivity index (χ0) is 13.7. The van der Waals surface area contributed by atoms with Gasteiger partial charge in [-0.05, 0) is 30.4 Å². The first-order valence-electron chi connectivity index (χ1n) is 6.91. The maximum Gasteiger partial charge on any atom is 0.223 e. The molecule has 1 amide bonds. The van der Waals surface area contributed by atoms with Gasteiger partial charge in [-0.15, -0.1) is 0 Å². The fraction of sp³-hybridized carbons (Fsp3) is 0.533. The summed E-state index contributed by atoms with van der Waals surface area (Å²) >= 11 is 0. The van der Waals surface area contributed by atoms with Crippen LogP contribution in [0.2, 0.25) is 0 Å². The molecule has 0 radical (unpaired) electrons. The number of rotatable bonds is 4. The number of carbonyl (C=O) groups is 1. The summed E-state index contributed by atoms with van der Waals surface area (Å²) in [6, 6.07) is 7.76. The molecule has 19 heavy (non-hydrogen) atoms. The van der Waals surface area contributed by atoms with Crippen molar-refractivity contribution in [2.24, 2.45) is 11.7 Å². The van der Waals surface area contributed by atoms with Gasteiger partial charge < -0.3 is 16.2 Å². The van der Waals surface area contributed by atoms with E-state index in [0.717, 1.165) is 36.8 Å². The number of hydrogen-bond acceptors (Lipinski definition) is 3. The van der Waals surface area contributed by atoms with Gasteiger partial charge in [0, 0.05) is 18.5 Å². The molecule has 1 fully saturated rings. The molecule has 1 aromatic carbocycles. The normalized spacial score (nSPS) is 23.1. The molecule has 0 aromatic heterocycles. The minimum atomic E-state index is 0.000344. The van der Waals surface area contributed by atoms with Gasteiger partial charge in [0.1, 0.15) is 0 Å². The predicted molar refractivity (Wildman–Crippen MR) is 74.1 cm³/mol. The third-order valence-corrected chi connectivity index (χ3v) is 3.83. The Balaban J connectivity index is 1.89. The van der Waals surface area contributed by atoms with Crippen LogP contribution in [0.4, 0.5) is 0 Å². The highest BCUT2D eigenvalue weighted by Crippen LogP contribution is 2.23. The molecule has 1 aliphatic rings. The highest BCUT2D eigenvalue weighted by Gasteiger charge is 2.25. The Bertz CT molecular complexity index is 434. The van der Waals surface area contributed by atoms with Crippen molar-refractivity contribution in [2.45, 2.75) is 44.9 Å². The lowest BCUT2D eigenvalue weighted by Crippen LogP contribution is -2.37. The van der Waals surface area contributed by atoms with Gasteiger partial charge in [0.25, 0.3) is 0 Å². The maximum atomic E-state index is 12.1. The van der Waals surface area contributed by atoms with E-state index >= 15 is 0 Å². The number of carbonyl (C=O) groups excluding carboxylic acids is 1. The van der Waals surface area contributed by atoms with Crippen LogP contribution in [0.1, 0.15) is 36.8 Å². The first-order chi connectivity index (χ1) is 9.20. The third-order valence-electron chi connectivity index (χ3n) is 3.83. The molecule has 4 heteroatoms. The summed E-state index contributed by atoms with van der Waals surface area (Å²) in [5.41, 5.74) is 7.74. The molecule has 1 aliphatic carbocycles. The molecule has 4 N–H and O–H groups in total. The Kier molecular flexibility index (Phi) is 4.93. The van der Waals surface area contributed by atoms with E-state index in [0.29, 0.717) is 6.54 Å². The molecule has 2 rings (SSSR count). The van der Waals surface area contributed by atoms with Crippen LogP contribution in [0.15, 0.2) is 24.3 Å². The average molecular weight is 262 g/mol. The molecule has 1 aromatic rings. The Morgan fingerprint density at radius 3 is 2.74 bits per heavy atom. The molecule has 1 saturated carbocycles. The van der Waals surface area contributed by atoms with Gasteiger partial charge in [-0.1, -0.05) is 30.7 Å². The van der Waals surface area contributed by atoms with Crippen molar-refractivity contribution in [1.29, 1.82) is 0 Å². The molecule has 0 saturated heterocycles. The van der Waals surface area contributed by atoms with Crippen LogP contribution in [0.5, 0.6) is 0 Å². The van der Waals surface area contributed by atoms with Crippen molar-refractivity contribution in [1.82, 2.24) is 5.32 Å². The van der Waals surface area contributed by atoms with Gasteiger partial charge in [-0.25, -0.2) is 0 Å². The molecule has 0 bridgehead atoms. The van der Waals surface area contributed by atoms with E-state index in [1.807, 2.05) is 24.3 Å². The smallest absolute Gasteiger partial charge is 0.223 e. The van der Waals surface area contributed by atoms with Gasteiger partial charge in [0.15, 0.2) is 0 Å². The van der Waals surface area contributed by atoms with Crippen molar-refractivity contribution in [2.75, 3.05) is 0 Å². The van der Waals surface area contributed by atoms with E-state index < -0.39 is 0 Å². The van der Waals surface area contributed by atoms with Crippen molar-refractivity contribution in [3.63, 3.8) is 0 Å². The van der Waals surface area contributed by atoms with E-state index in [4.69, 9.17) is 5.73 Å². The van der Waals surface area contributed by atoms with Crippen molar-refractivity contribution in [3.8, 4) is 0 Å². The second kappa shape index (κ2) is 6.68.